The summed E-state index contributed by atoms with van der Waals surface area (Å²) in [5.74, 6) is -0.00645. The minimum Gasteiger partial charge on any atom is -0.859 e. The molecule has 1 aliphatic rings. The lowest BCUT2D eigenvalue weighted by atomic mass is 10.2. The largest absolute Gasteiger partial charge is 0.859 e. The molecule has 0 unspecified atom stereocenters. The van der Waals surface area contributed by atoms with E-state index >= 15 is 0 Å². The third-order valence-corrected chi connectivity index (χ3v) is 3.91. The molecule has 0 aromatic carbocycles. The second-order valence-corrected chi connectivity index (χ2v) is 8.95. The van der Waals surface area contributed by atoms with Crippen LogP contribution in [0.25, 0.3) is 0 Å². The van der Waals surface area contributed by atoms with Crippen molar-refractivity contribution in [3.05, 3.63) is 0 Å². The summed E-state index contributed by atoms with van der Waals surface area (Å²) in [4.78, 5) is 31.0. The summed E-state index contributed by atoms with van der Waals surface area (Å²) in [5, 5.41) is 11.5. The summed E-state index contributed by atoms with van der Waals surface area (Å²) in [5.41, 5.74) is -0.527. The third-order valence-electron chi connectivity index (χ3n) is 3.09. The molecule has 1 rings (SSSR count). The second kappa shape index (κ2) is 8.42. The van der Waals surface area contributed by atoms with Crippen molar-refractivity contribution in [2.24, 2.45) is 4.99 Å². The van der Waals surface area contributed by atoms with Crippen molar-refractivity contribution in [2.45, 2.75) is 26.4 Å². The molecule has 0 aromatic rings. The first-order valence-corrected chi connectivity index (χ1v) is 9.80. The van der Waals surface area contributed by atoms with E-state index in [-0.39, 0.29) is 35.3 Å². The average molecular weight is 345 g/mol. The highest BCUT2D eigenvalue weighted by molar-refractivity contribution is 7.96. The molecule has 1 saturated heterocycles. The second-order valence-electron chi connectivity index (χ2n) is 6.69. The monoisotopic (exact) mass is 345 g/mol. The Hall–Kier alpha value is -1.44. The lowest BCUT2D eigenvalue weighted by molar-refractivity contribution is -0.215. The van der Waals surface area contributed by atoms with Gasteiger partial charge in [-0.15, -0.1) is 0 Å². The number of nitrogens with zero attached hydrogens (tertiary/aromatic N) is 3. The van der Waals surface area contributed by atoms with E-state index in [4.69, 9.17) is 4.74 Å². The molecule has 0 spiro atoms. The van der Waals surface area contributed by atoms with Gasteiger partial charge in [-0.2, -0.15) is 0 Å². The molecule has 0 atom stereocenters. The van der Waals surface area contributed by atoms with Crippen LogP contribution in [0.3, 0.4) is 0 Å². The zero-order chi connectivity index (χ0) is 17.6. The van der Waals surface area contributed by atoms with Crippen molar-refractivity contribution in [1.82, 2.24) is 9.80 Å². The van der Waals surface area contributed by atoms with E-state index in [1.165, 1.54) is 0 Å². The van der Waals surface area contributed by atoms with E-state index in [0.29, 0.717) is 31.9 Å². The SMILES string of the molecule is C[S+](C)CC([O-])=NCC(=O)N1CCN(C(=O)OC(C)(C)C)CC1. The van der Waals surface area contributed by atoms with Crippen LogP contribution < -0.4 is 5.11 Å². The van der Waals surface area contributed by atoms with E-state index < -0.39 is 5.60 Å². The molecule has 0 radical (unpaired) electrons. The van der Waals surface area contributed by atoms with Crippen molar-refractivity contribution in [3.63, 3.8) is 0 Å². The fraction of sp³-hybridized carbons (Fsp3) is 0.800. The normalized spacial score (nSPS) is 16.7. The highest BCUT2D eigenvalue weighted by atomic mass is 32.2. The Morgan fingerprint density at radius 3 is 2.13 bits per heavy atom. The van der Waals surface area contributed by atoms with E-state index in [0.717, 1.165) is 0 Å². The zero-order valence-electron chi connectivity index (χ0n) is 14.6. The summed E-state index contributed by atoms with van der Waals surface area (Å²) in [6.07, 6.45) is 3.57. The van der Waals surface area contributed by atoms with Gasteiger partial charge in [0.25, 0.3) is 0 Å². The van der Waals surface area contributed by atoms with Crippen LogP contribution in [0.15, 0.2) is 4.99 Å². The predicted molar refractivity (Wildman–Crippen MR) is 90.8 cm³/mol. The number of aliphatic imine (C=N–C) groups is 1. The number of rotatable bonds is 4. The Morgan fingerprint density at radius 1 is 1.13 bits per heavy atom. The van der Waals surface area contributed by atoms with E-state index in [2.05, 4.69) is 4.99 Å². The number of carbonyl (C=O) groups excluding carboxylic acids is 2. The Kier molecular flexibility index (Phi) is 7.18. The average Bonchev–Trinajstić information content (AvgIpc) is 2.42. The van der Waals surface area contributed by atoms with Crippen molar-refractivity contribution in [1.29, 1.82) is 0 Å². The van der Waals surface area contributed by atoms with Crippen LogP contribution in [0.5, 0.6) is 0 Å². The molecule has 1 heterocycles. The first-order chi connectivity index (χ1) is 10.6. The maximum absolute atomic E-state index is 12.0. The Morgan fingerprint density at radius 2 is 1.65 bits per heavy atom. The molecule has 1 aliphatic heterocycles. The van der Waals surface area contributed by atoms with E-state index in [1.807, 2.05) is 33.3 Å². The van der Waals surface area contributed by atoms with Gasteiger partial charge in [-0.3, -0.25) is 9.79 Å². The van der Waals surface area contributed by atoms with Crippen LogP contribution in [0.1, 0.15) is 20.8 Å². The first-order valence-electron chi connectivity index (χ1n) is 7.58. The summed E-state index contributed by atoms with van der Waals surface area (Å²) < 4.78 is 5.31. The van der Waals surface area contributed by atoms with Crippen LogP contribution >= 0.6 is 0 Å². The first kappa shape index (κ1) is 19.6. The molecule has 0 bridgehead atoms. The molecule has 0 N–H and O–H groups in total. The van der Waals surface area contributed by atoms with E-state index in [9.17, 15) is 14.7 Å². The van der Waals surface area contributed by atoms with Gasteiger partial charge in [0.05, 0.1) is 12.5 Å². The fourth-order valence-electron chi connectivity index (χ4n) is 2.01. The van der Waals surface area contributed by atoms with Crippen molar-refractivity contribution < 1.29 is 19.4 Å². The highest BCUT2D eigenvalue weighted by Crippen LogP contribution is 2.12. The molecular weight excluding hydrogens is 318 g/mol. The Bertz CT molecular complexity index is 452. The van der Waals surface area contributed by atoms with Crippen molar-refractivity contribution >= 4 is 28.8 Å². The minimum atomic E-state index is -0.527. The number of piperazine rings is 1. The number of hydrogen-bond donors (Lipinski definition) is 0. The van der Waals surface area contributed by atoms with Crippen LogP contribution in [-0.2, 0) is 20.4 Å². The number of hydrogen-bond acceptors (Lipinski definition) is 5. The molecule has 8 heteroatoms. The predicted octanol–water partition coefficient (Wildman–Crippen LogP) is -0.298. The van der Waals surface area contributed by atoms with Crippen LogP contribution in [0, 0.1) is 0 Å². The van der Waals surface area contributed by atoms with Gasteiger partial charge in [-0.1, -0.05) is 0 Å². The molecule has 0 saturated carbocycles. The molecule has 7 nitrogen and oxygen atoms in total. The van der Waals surface area contributed by atoms with Crippen LogP contribution in [0.2, 0.25) is 0 Å². The van der Waals surface area contributed by atoms with Crippen LogP contribution in [0.4, 0.5) is 4.79 Å². The van der Waals surface area contributed by atoms with Crippen molar-refractivity contribution in [2.75, 3.05) is 51.0 Å². The number of amides is 2. The van der Waals surface area contributed by atoms with Gasteiger partial charge in [-0.05, 0) is 31.7 Å². The summed E-state index contributed by atoms with van der Waals surface area (Å²) in [6, 6.07) is 0. The zero-order valence-corrected chi connectivity index (χ0v) is 15.4. The summed E-state index contributed by atoms with van der Waals surface area (Å²) >= 11 is 0. The molecule has 0 aliphatic carbocycles. The highest BCUT2D eigenvalue weighted by Gasteiger charge is 2.27. The number of carbonyl (C=O) groups is 2. The Labute approximate surface area is 141 Å². The molecule has 1 fully saturated rings. The maximum atomic E-state index is 12.0. The lowest BCUT2D eigenvalue weighted by Crippen LogP contribution is -2.52. The molecule has 2 amide bonds. The maximum Gasteiger partial charge on any atom is 0.410 e. The van der Waals surface area contributed by atoms with E-state index in [1.54, 1.807) is 9.80 Å². The van der Waals surface area contributed by atoms with Crippen molar-refractivity contribution in [3.8, 4) is 0 Å². The van der Waals surface area contributed by atoms with Gasteiger partial charge in [-0.25, -0.2) is 4.79 Å². The summed E-state index contributed by atoms with van der Waals surface area (Å²) in [7, 11) is -0.00996. The van der Waals surface area contributed by atoms with Gasteiger partial charge < -0.3 is 19.6 Å². The minimum absolute atomic E-state index is 0.00996. The molecule has 132 valence electrons. The van der Waals surface area contributed by atoms with Gasteiger partial charge in [0.15, 0.2) is 0 Å². The Balaban J connectivity index is 2.41. The standard InChI is InChI=1S/C15H27N3O4S/c1-15(2,3)22-14(21)18-8-6-17(7-9-18)13(20)10-16-12(19)11-23(4)5/h6-11H2,1-5H3. The molecule has 0 aromatic heterocycles. The molecule has 23 heavy (non-hydrogen) atoms. The third kappa shape index (κ3) is 7.58. The van der Waals surface area contributed by atoms with Gasteiger partial charge in [0, 0.05) is 32.1 Å². The quantitative estimate of drug-likeness (QED) is 0.398. The molecular formula is C15H27N3O4S. The van der Waals surface area contributed by atoms with Crippen LogP contribution in [-0.4, -0.2) is 84.3 Å². The van der Waals surface area contributed by atoms with Gasteiger partial charge in [0.2, 0.25) is 5.91 Å². The number of ether oxygens (including phenoxy) is 1. The smallest absolute Gasteiger partial charge is 0.410 e. The lowest BCUT2D eigenvalue weighted by Gasteiger charge is -2.35. The summed E-state index contributed by atoms with van der Waals surface area (Å²) in [6.45, 7) is 7.09. The van der Waals surface area contributed by atoms with Gasteiger partial charge >= 0.3 is 6.09 Å². The fourth-order valence-corrected chi connectivity index (χ4v) is 2.60. The van der Waals surface area contributed by atoms with Gasteiger partial charge in [0.1, 0.15) is 17.9 Å². The topological polar surface area (TPSA) is 85.3 Å².